The summed E-state index contributed by atoms with van der Waals surface area (Å²) >= 11 is 7.87. The molecule has 0 radical (unpaired) electrons. The van der Waals surface area contributed by atoms with Gasteiger partial charge in [0.1, 0.15) is 11.8 Å². The van der Waals surface area contributed by atoms with Gasteiger partial charge in [-0.3, -0.25) is 9.59 Å². The second-order valence-corrected chi connectivity index (χ2v) is 9.11. The average molecular weight is 457 g/mol. The van der Waals surface area contributed by atoms with Crippen LogP contribution in [0.1, 0.15) is 59.1 Å². The molecule has 1 aliphatic carbocycles. The van der Waals surface area contributed by atoms with Crippen LogP contribution in [0.15, 0.2) is 64.6 Å². The predicted octanol–water partition coefficient (Wildman–Crippen LogP) is 5.83. The smallest absolute Gasteiger partial charge is 0.265 e. The molecule has 7 heteroatoms. The van der Waals surface area contributed by atoms with Gasteiger partial charge in [-0.2, -0.15) is 0 Å². The standard InChI is InChI=1S/C24H25ClN2O3S/c25-20-12-5-4-11-19(20)22(23(28)26-17-8-2-1-3-9-17)27(16-18-10-6-14-30-18)24(29)21-13-7-15-31-21/h4-7,10-15,17,22H,1-3,8-9,16H2,(H,26,28)/t22-/m1/s1. The number of nitrogens with one attached hydrogen (secondary N) is 1. The van der Waals surface area contributed by atoms with Gasteiger partial charge in [-0.1, -0.05) is 55.1 Å². The molecule has 1 aliphatic rings. The minimum atomic E-state index is -0.865. The number of halogens is 1. The highest BCUT2D eigenvalue weighted by atomic mass is 35.5. The predicted molar refractivity (Wildman–Crippen MR) is 122 cm³/mol. The molecular formula is C24H25ClN2O3S. The van der Waals surface area contributed by atoms with Crippen molar-refractivity contribution in [3.63, 3.8) is 0 Å². The van der Waals surface area contributed by atoms with Crippen molar-refractivity contribution in [2.75, 3.05) is 0 Å². The third kappa shape index (κ3) is 5.20. The highest BCUT2D eigenvalue weighted by molar-refractivity contribution is 7.12. The summed E-state index contributed by atoms with van der Waals surface area (Å²) in [6.07, 6.45) is 6.88. The summed E-state index contributed by atoms with van der Waals surface area (Å²) in [5.41, 5.74) is 0.605. The maximum Gasteiger partial charge on any atom is 0.265 e. The number of amides is 2. The van der Waals surface area contributed by atoms with E-state index < -0.39 is 6.04 Å². The van der Waals surface area contributed by atoms with Gasteiger partial charge in [0.25, 0.3) is 5.91 Å². The van der Waals surface area contributed by atoms with E-state index in [-0.39, 0.29) is 24.4 Å². The molecule has 0 saturated heterocycles. The fourth-order valence-electron chi connectivity index (χ4n) is 4.07. The van der Waals surface area contributed by atoms with Crippen molar-refractivity contribution in [3.8, 4) is 0 Å². The quantitative estimate of drug-likeness (QED) is 0.486. The molecule has 162 valence electrons. The Morgan fingerprint density at radius 1 is 1.10 bits per heavy atom. The molecule has 2 aromatic heterocycles. The number of nitrogens with zero attached hydrogens (tertiary/aromatic N) is 1. The van der Waals surface area contributed by atoms with Gasteiger partial charge in [0.15, 0.2) is 0 Å². The lowest BCUT2D eigenvalue weighted by atomic mass is 9.94. The maximum atomic E-state index is 13.6. The van der Waals surface area contributed by atoms with E-state index in [4.69, 9.17) is 16.0 Å². The number of thiophene rings is 1. The molecule has 2 amide bonds. The normalized spacial score (nSPS) is 15.4. The molecule has 0 bridgehead atoms. The minimum Gasteiger partial charge on any atom is -0.467 e. The number of rotatable bonds is 7. The zero-order chi connectivity index (χ0) is 21.6. The molecule has 1 atom stereocenters. The number of carbonyl (C=O) groups excluding carboxylic acids is 2. The van der Waals surface area contributed by atoms with E-state index >= 15 is 0 Å². The molecule has 31 heavy (non-hydrogen) atoms. The van der Waals surface area contributed by atoms with E-state index in [2.05, 4.69) is 5.32 Å². The van der Waals surface area contributed by atoms with Crippen molar-refractivity contribution >= 4 is 34.8 Å². The molecule has 1 fully saturated rings. The molecule has 2 heterocycles. The summed E-state index contributed by atoms with van der Waals surface area (Å²) in [5.74, 6) is 0.166. The molecule has 3 aromatic rings. The lowest BCUT2D eigenvalue weighted by molar-refractivity contribution is -0.127. The van der Waals surface area contributed by atoms with Gasteiger partial charge < -0.3 is 14.6 Å². The zero-order valence-corrected chi connectivity index (χ0v) is 18.7. The van der Waals surface area contributed by atoms with Gasteiger partial charge in [-0.15, -0.1) is 11.3 Å². The molecule has 4 rings (SSSR count). The first-order valence-electron chi connectivity index (χ1n) is 10.5. The first-order chi connectivity index (χ1) is 15.1. The Labute approximate surface area is 191 Å². The minimum absolute atomic E-state index is 0.119. The number of furan rings is 1. The van der Waals surface area contributed by atoms with Crippen molar-refractivity contribution in [1.82, 2.24) is 10.2 Å². The molecule has 1 aromatic carbocycles. The van der Waals surface area contributed by atoms with Crippen LogP contribution in [-0.2, 0) is 11.3 Å². The van der Waals surface area contributed by atoms with Crippen LogP contribution in [0, 0.1) is 0 Å². The third-order valence-electron chi connectivity index (χ3n) is 5.61. The lowest BCUT2D eigenvalue weighted by Gasteiger charge is -2.33. The van der Waals surface area contributed by atoms with E-state index in [0.29, 0.717) is 21.2 Å². The zero-order valence-electron chi connectivity index (χ0n) is 17.1. The molecule has 0 aliphatic heterocycles. The van der Waals surface area contributed by atoms with Crippen LogP contribution < -0.4 is 5.32 Å². The van der Waals surface area contributed by atoms with Crippen LogP contribution in [0.5, 0.6) is 0 Å². The van der Waals surface area contributed by atoms with E-state index in [1.165, 1.54) is 17.8 Å². The van der Waals surface area contributed by atoms with Crippen molar-refractivity contribution in [1.29, 1.82) is 0 Å². The highest BCUT2D eigenvalue weighted by Gasteiger charge is 2.35. The van der Waals surface area contributed by atoms with Crippen molar-refractivity contribution < 1.29 is 14.0 Å². The van der Waals surface area contributed by atoms with Gasteiger partial charge in [0.2, 0.25) is 5.91 Å². The number of benzene rings is 1. The lowest BCUT2D eigenvalue weighted by Crippen LogP contribution is -2.46. The van der Waals surface area contributed by atoms with Crippen LogP contribution in [0.4, 0.5) is 0 Å². The Morgan fingerprint density at radius 3 is 2.58 bits per heavy atom. The van der Waals surface area contributed by atoms with Crippen LogP contribution in [0.2, 0.25) is 5.02 Å². The van der Waals surface area contributed by atoms with Crippen LogP contribution in [-0.4, -0.2) is 22.8 Å². The second kappa shape index (κ2) is 10.2. The van der Waals surface area contributed by atoms with Gasteiger partial charge in [-0.05, 0) is 42.5 Å². The number of hydrogen-bond donors (Lipinski definition) is 1. The Kier molecular flexibility index (Phi) is 7.10. The maximum absolute atomic E-state index is 13.6. The van der Waals surface area contributed by atoms with Gasteiger partial charge in [0.05, 0.1) is 17.7 Å². The average Bonchev–Trinajstić information content (AvgIpc) is 3.49. The number of hydrogen-bond acceptors (Lipinski definition) is 4. The first-order valence-corrected chi connectivity index (χ1v) is 11.8. The summed E-state index contributed by atoms with van der Waals surface area (Å²) in [4.78, 5) is 29.3. The van der Waals surface area contributed by atoms with E-state index in [0.717, 1.165) is 25.7 Å². The van der Waals surface area contributed by atoms with E-state index in [9.17, 15) is 9.59 Å². The van der Waals surface area contributed by atoms with Crippen LogP contribution in [0.25, 0.3) is 0 Å². The summed E-state index contributed by atoms with van der Waals surface area (Å²) in [6, 6.07) is 13.6. The van der Waals surface area contributed by atoms with Gasteiger partial charge in [-0.25, -0.2) is 0 Å². The molecule has 0 unspecified atom stereocenters. The summed E-state index contributed by atoms with van der Waals surface area (Å²) in [7, 11) is 0. The van der Waals surface area contributed by atoms with Crippen molar-refractivity contribution in [2.24, 2.45) is 0 Å². The Balaban J connectivity index is 1.72. The van der Waals surface area contributed by atoms with Crippen LogP contribution in [0.3, 0.4) is 0 Å². The third-order valence-corrected chi connectivity index (χ3v) is 6.81. The Hall–Kier alpha value is -2.57. The molecule has 0 spiro atoms. The van der Waals surface area contributed by atoms with Crippen molar-refractivity contribution in [3.05, 3.63) is 81.4 Å². The first kappa shape index (κ1) is 21.7. The molecule has 1 saturated carbocycles. The molecule has 5 nitrogen and oxygen atoms in total. The van der Waals surface area contributed by atoms with E-state index in [1.807, 2.05) is 29.6 Å². The largest absolute Gasteiger partial charge is 0.467 e. The topological polar surface area (TPSA) is 62.6 Å². The van der Waals surface area contributed by atoms with Gasteiger partial charge >= 0.3 is 0 Å². The summed E-state index contributed by atoms with van der Waals surface area (Å²) in [6.45, 7) is 0.164. The fraction of sp³-hybridized carbons (Fsp3) is 0.333. The Morgan fingerprint density at radius 2 is 1.90 bits per heavy atom. The van der Waals surface area contributed by atoms with Gasteiger partial charge in [0, 0.05) is 16.6 Å². The monoisotopic (exact) mass is 456 g/mol. The molecular weight excluding hydrogens is 432 g/mol. The van der Waals surface area contributed by atoms with E-state index in [1.54, 1.807) is 35.4 Å². The Bertz CT molecular complexity index is 998. The second-order valence-electron chi connectivity index (χ2n) is 7.76. The van der Waals surface area contributed by atoms with Crippen molar-refractivity contribution in [2.45, 2.75) is 50.7 Å². The molecule has 1 N–H and O–H groups in total. The van der Waals surface area contributed by atoms with Crippen LogP contribution >= 0.6 is 22.9 Å². The number of carbonyl (C=O) groups is 2. The fourth-order valence-corrected chi connectivity index (χ4v) is 4.99. The highest BCUT2D eigenvalue weighted by Crippen LogP contribution is 2.32. The summed E-state index contributed by atoms with van der Waals surface area (Å²) in [5, 5.41) is 5.49. The SMILES string of the molecule is O=C(NC1CCCCC1)[C@@H](c1ccccc1Cl)N(Cc1ccco1)C(=O)c1cccs1. The summed E-state index contributed by atoms with van der Waals surface area (Å²) < 4.78 is 5.52.